The van der Waals surface area contributed by atoms with Crippen LogP contribution in [0.15, 0.2) is 41.8 Å². The van der Waals surface area contributed by atoms with Crippen molar-refractivity contribution < 1.29 is 9.84 Å². The van der Waals surface area contributed by atoms with E-state index in [1.165, 1.54) is 36.1 Å². The molecular formula is C20H27NO2S. The first-order valence-electron chi connectivity index (χ1n) is 8.86. The number of hydrogen-bond acceptors (Lipinski definition) is 4. The molecule has 1 aliphatic rings. The van der Waals surface area contributed by atoms with Crippen LogP contribution in [0.5, 0.6) is 5.75 Å². The number of ether oxygens (including phenoxy) is 1. The lowest BCUT2D eigenvalue weighted by Crippen LogP contribution is -2.36. The highest BCUT2D eigenvalue weighted by Gasteiger charge is 2.27. The van der Waals surface area contributed by atoms with Crippen molar-refractivity contribution in [3.63, 3.8) is 0 Å². The summed E-state index contributed by atoms with van der Waals surface area (Å²) >= 11 is 1.81. The van der Waals surface area contributed by atoms with Gasteiger partial charge in [-0.05, 0) is 49.3 Å². The van der Waals surface area contributed by atoms with Crippen molar-refractivity contribution in [1.82, 2.24) is 5.32 Å². The average Bonchev–Trinajstić information content (AvgIpc) is 3.29. The van der Waals surface area contributed by atoms with Crippen LogP contribution in [0.25, 0.3) is 0 Å². The lowest BCUT2D eigenvalue weighted by molar-refractivity contribution is 0.101. The molecule has 1 aromatic heterocycles. The Morgan fingerprint density at radius 3 is 2.62 bits per heavy atom. The van der Waals surface area contributed by atoms with Crippen LogP contribution in [0.4, 0.5) is 0 Å². The van der Waals surface area contributed by atoms with Crippen LogP contribution in [0.2, 0.25) is 0 Å². The summed E-state index contributed by atoms with van der Waals surface area (Å²) in [4.78, 5) is 1.38. The number of benzene rings is 1. The van der Waals surface area contributed by atoms with Crippen LogP contribution in [0.1, 0.15) is 42.2 Å². The third-order valence-corrected chi connectivity index (χ3v) is 5.71. The normalized spacial score (nSPS) is 17.8. The molecule has 0 bridgehead atoms. The summed E-state index contributed by atoms with van der Waals surface area (Å²) in [5, 5.41) is 16.0. The zero-order chi connectivity index (χ0) is 16.8. The largest absolute Gasteiger partial charge is 0.491 e. The van der Waals surface area contributed by atoms with E-state index in [-0.39, 0.29) is 0 Å². The van der Waals surface area contributed by atoms with E-state index in [9.17, 15) is 5.11 Å². The van der Waals surface area contributed by atoms with Gasteiger partial charge in [-0.1, -0.05) is 36.6 Å². The van der Waals surface area contributed by atoms with Gasteiger partial charge in [0.2, 0.25) is 0 Å². The van der Waals surface area contributed by atoms with Gasteiger partial charge in [-0.25, -0.2) is 0 Å². The minimum atomic E-state index is -0.504. The van der Waals surface area contributed by atoms with Gasteiger partial charge in [0.05, 0.1) is 0 Å². The Labute approximate surface area is 148 Å². The molecule has 3 nitrogen and oxygen atoms in total. The molecule has 2 atom stereocenters. The Morgan fingerprint density at radius 2 is 1.96 bits per heavy atom. The van der Waals surface area contributed by atoms with Crippen molar-refractivity contribution in [2.45, 2.75) is 44.8 Å². The molecule has 1 aromatic carbocycles. The maximum Gasteiger partial charge on any atom is 0.119 e. The van der Waals surface area contributed by atoms with E-state index in [1.807, 2.05) is 24.3 Å². The predicted molar refractivity (Wildman–Crippen MR) is 99.7 cm³/mol. The van der Waals surface area contributed by atoms with Crippen LogP contribution >= 0.6 is 11.3 Å². The van der Waals surface area contributed by atoms with Gasteiger partial charge in [0, 0.05) is 17.5 Å². The summed E-state index contributed by atoms with van der Waals surface area (Å²) in [6.07, 6.45) is 4.72. The molecule has 0 radical (unpaired) electrons. The maximum absolute atomic E-state index is 10.3. The quantitative estimate of drug-likeness (QED) is 0.749. The molecule has 1 fully saturated rings. The SMILES string of the molecule is Cc1ccc(OCC(O)CNC(c2cccs2)C2CCCC2)cc1. The minimum absolute atomic E-state index is 0.317. The Kier molecular flexibility index (Phi) is 6.30. The van der Waals surface area contributed by atoms with Gasteiger partial charge < -0.3 is 15.2 Å². The van der Waals surface area contributed by atoms with Gasteiger partial charge in [-0.2, -0.15) is 0 Å². The van der Waals surface area contributed by atoms with Crippen molar-refractivity contribution in [3.05, 3.63) is 52.2 Å². The van der Waals surface area contributed by atoms with Crippen LogP contribution in [-0.2, 0) is 0 Å². The number of thiophene rings is 1. The van der Waals surface area contributed by atoms with E-state index < -0.39 is 6.10 Å². The van der Waals surface area contributed by atoms with Gasteiger partial charge in [-0.3, -0.25) is 0 Å². The molecule has 0 amide bonds. The summed E-state index contributed by atoms with van der Waals surface area (Å²) < 4.78 is 5.68. The zero-order valence-electron chi connectivity index (χ0n) is 14.3. The number of nitrogens with one attached hydrogen (secondary N) is 1. The third-order valence-electron chi connectivity index (χ3n) is 4.76. The average molecular weight is 346 g/mol. The molecular weight excluding hydrogens is 318 g/mol. The molecule has 3 rings (SSSR count). The van der Waals surface area contributed by atoms with Gasteiger partial charge in [0.25, 0.3) is 0 Å². The molecule has 0 aliphatic heterocycles. The summed E-state index contributed by atoms with van der Waals surface area (Å²) in [5.41, 5.74) is 1.21. The highest BCUT2D eigenvalue weighted by molar-refractivity contribution is 7.10. The second kappa shape index (κ2) is 8.65. The number of aryl methyl sites for hydroxylation is 1. The van der Waals surface area contributed by atoms with Crippen molar-refractivity contribution >= 4 is 11.3 Å². The van der Waals surface area contributed by atoms with Crippen LogP contribution in [-0.4, -0.2) is 24.4 Å². The first-order chi connectivity index (χ1) is 11.7. The maximum atomic E-state index is 10.3. The Morgan fingerprint density at radius 1 is 1.21 bits per heavy atom. The van der Waals surface area contributed by atoms with Crippen LogP contribution < -0.4 is 10.1 Å². The lowest BCUT2D eigenvalue weighted by Gasteiger charge is -2.25. The van der Waals surface area contributed by atoms with Gasteiger partial charge in [0.1, 0.15) is 18.5 Å². The van der Waals surface area contributed by atoms with Crippen LogP contribution in [0.3, 0.4) is 0 Å². The number of rotatable bonds is 8. The van der Waals surface area contributed by atoms with Crippen LogP contribution in [0, 0.1) is 12.8 Å². The number of aliphatic hydroxyl groups excluding tert-OH is 1. The second-order valence-electron chi connectivity index (χ2n) is 6.72. The topological polar surface area (TPSA) is 41.5 Å². The highest BCUT2D eigenvalue weighted by Crippen LogP contribution is 2.37. The Hall–Kier alpha value is -1.36. The van der Waals surface area contributed by atoms with E-state index in [2.05, 4.69) is 29.8 Å². The summed E-state index contributed by atoms with van der Waals surface area (Å²) in [7, 11) is 0. The fourth-order valence-electron chi connectivity index (χ4n) is 3.41. The van der Waals surface area contributed by atoms with Crippen molar-refractivity contribution in [2.75, 3.05) is 13.2 Å². The molecule has 0 spiro atoms. The van der Waals surface area contributed by atoms with Crippen molar-refractivity contribution in [2.24, 2.45) is 5.92 Å². The molecule has 130 valence electrons. The Balaban J connectivity index is 1.49. The molecule has 1 saturated carbocycles. The lowest BCUT2D eigenvalue weighted by atomic mass is 9.96. The van der Waals surface area contributed by atoms with Crippen molar-refractivity contribution in [1.29, 1.82) is 0 Å². The molecule has 1 heterocycles. The van der Waals surface area contributed by atoms with E-state index >= 15 is 0 Å². The first-order valence-corrected chi connectivity index (χ1v) is 9.74. The first kappa shape index (κ1) is 17.5. The van der Waals surface area contributed by atoms with Gasteiger partial charge in [0.15, 0.2) is 0 Å². The molecule has 24 heavy (non-hydrogen) atoms. The summed E-state index contributed by atoms with van der Waals surface area (Å²) in [6, 6.07) is 12.6. The zero-order valence-corrected chi connectivity index (χ0v) is 15.1. The van der Waals surface area contributed by atoms with Gasteiger partial charge >= 0.3 is 0 Å². The van der Waals surface area contributed by atoms with Crippen molar-refractivity contribution in [3.8, 4) is 5.75 Å². The smallest absolute Gasteiger partial charge is 0.119 e. The molecule has 2 unspecified atom stereocenters. The minimum Gasteiger partial charge on any atom is -0.491 e. The standard InChI is InChI=1S/C20H27NO2S/c1-15-8-10-18(11-9-15)23-14-17(22)13-21-20(16-5-2-3-6-16)19-7-4-12-24-19/h4,7-12,16-17,20-22H,2-3,5-6,13-14H2,1H3. The highest BCUT2D eigenvalue weighted by atomic mass is 32.1. The third kappa shape index (κ3) is 4.82. The molecule has 2 N–H and O–H groups in total. The fourth-order valence-corrected chi connectivity index (χ4v) is 4.30. The van der Waals surface area contributed by atoms with E-state index in [4.69, 9.17) is 4.74 Å². The molecule has 1 aliphatic carbocycles. The molecule has 4 heteroatoms. The van der Waals surface area contributed by atoms with Gasteiger partial charge in [-0.15, -0.1) is 11.3 Å². The Bertz CT molecular complexity index is 591. The van der Waals surface area contributed by atoms with E-state index in [0.29, 0.717) is 25.1 Å². The fraction of sp³-hybridized carbons (Fsp3) is 0.500. The van der Waals surface area contributed by atoms with E-state index in [0.717, 1.165) is 5.75 Å². The summed E-state index contributed by atoms with van der Waals surface area (Å²) in [5.74, 6) is 1.50. The molecule has 2 aromatic rings. The molecule has 0 saturated heterocycles. The second-order valence-corrected chi connectivity index (χ2v) is 7.70. The number of aliphatic hydroxyl groups is 1. The number of hydrogen-bond donors (Lipinski definition) is 2. The summed E-state index contributed by atoms with van der Waals surface area (Å²) in [6.45, 7) is 2.93. The van der Waals surface area contributed by atoms with E-state index in [1.54, 1.807) is 11.3 Å². The monoisotopic (exact) mass is 345 g/mol. The predicted octanol–water partition coefficient (Wildman–Crippen LogP) is 4.32.